The quantitative estimate of drug-likeness (QED) is 0.375. The van der Waals surface area contributed by atoms with Crippen LogP contribution in [0.1, 0.15) is 27.2 Å². The highest BCUT2D eigenvalue weighted by Gasteiger charge is 2.41. The molecule has 4 heterocycles. The number of likely N-dealkylation sites (N-methyl/N-ethyl adjacent to an activating group) is 1. The zero-order valence-electron chi connectivity index (χ0n) is 21.8. The van der Waals surface area contributed by atoms with Gasteiger partial charge < -0.3 is 29.1 Å². The number of carbonyl (C=O) groups is 2. The number of fused-ring (bicyclic) bond motifs is 2. The Kier molecular flexibility index (Phi) is 6.98. The molecule has 0 radical (unpaired) electrons. The second-order valence-electron chi connectivity index (χ2n) is 9.95. The molecule has 0 unspecified atom stereocenters. The molecular weight excluding hydrogens is 536 g/mol. The van der Waals surface area contributed by atoms with Crippen LogP contribution in [0.4, 0.5) is 5.69 Å². The van der Waals surface area contributed by atoms with Crippen LogP contribution in [0.2, 0.25) is 5.15 Å². The van der Waals surface area contributed by atoms with Gasteiger partial charge in [-0.05, 0) is 30.2 Å². The summed E-state index contributed by atoms with van der Waals surface area (Å²) in [5.41, 5.74) is 3.22. The minimum Gasteiger partial charge on any atom is -0.489 e. The molecule has 0 spiro atoms. The summed E-state index contributed by atoms with van der Waals surface area (Å²) in [7, 11) is 1.66. The highest BCUT2D eigenvalue weighted by atomic mass is 35.5. The fourth-order valence-corrected chi connectivity index (χ4v) is 5.24. The van der Waals surface area contributed by atoms with Crippen LogP contribution in [-0.2, 0) is 27.2 Å². The molecule has 6 rings (SSSR count). The van der Waals surface area contributed by atoms with Crippen molar-refractivity contribution >= 4 is 29.1 Å². The molecule has 206 valence electrons. The minimum atomic E-state index is -1.26. The molecule has 1 atom stereocenters. The molecule has 1 N–H and O–H groups in total. The predicted molar refractivity (Wildman–Crippen MR) is 145 cm³/mol. The van der Waals surface area contributed by atoms with Crippen LogP contribution in [0.25, 0.3) is 0 Å². The number of aromatic nitrogens is 2. The molecule has 40 heavy (non-hydrogen) atoms. The van der Waals surface area contributed by atoms with E-state index in [1.807, 2.05) is 30.3 Å². The number of anilines is 1. The maximum Gasteiger partial charge on any atom is 0.275 e. The summed E-state index contributed by atoms with van der Waals surface area (Å²) in [6, 6.07) is 14.2. The second kappa shape index (κ2) is 10.6. The number of carbonyl (C=O) groups excluding carboxylic acids is 2. The van der Waals surface area contributed by atoms with Crippen LogP contribution in [0.5, 0.6) is 5.75 Å². The Labute approximate surface area is 236 Å². The highest BCUT2D eigenvalue weighted by molar-refractivity contribution is 6.31. The van der Waals surface area contributed by atoms with Crippen molar-refractivity contribution in [3.63, 3.8) is 0 Å². The van der Waals surface area contributed by atoms with Crippen LogP contribution in [0, 0.1) is 11.8 Å². The number of benzene rings is 2. The predicted octanol–water partition coefficient (Wildman–Crippen LogP) is 2.09. The Morgan fingerprint density at radius 1 is 1.20 bits per heavy atom. The Morgan fingerprint density at radius 3 is 2.75 bits per heavy atom. The van der Waals surface area contributed by atoms with E-state index in [9.17, 15) is 14.7 Å². The Balaban J connectivity index is 1.17. The third-order valence-electron chi connectivity index (χ3n) is 7.23. The van der Waals surface area contributed by atoms with Crippen molar-refractivity contribution < 1.29 is 28.9 Å². The zero-order valence-corrected chi connectivity index (χ0v) is 22.6. The van der Waals surface area contributed by atoms with Crippen LogP contribution in [0.15, 0.2) is 48.5 Å². The molecule has 1 aromatic heterocycles. The number of hydrogen-bond acceptors (Lipinski definition) is 7. The van der Waals surface area contributed by atoms with Gasteiger partial charge in [0.1, 0.15) is 43.4 Å². The second-order valence-corrected chi connectivity index (χ2v) is 10.3. The average molecular weight is 563 g/mol. The lowest BCUT2D eigenvalue weighted by Crippen LogP contribution is -2.54. The summed E-state index contributed by atoms with van der Waals surface area (Å²) < 4.78 is 18.0. The van der Waals surface area contributed by atoms with Crippen molar-refractivity contribution in [3.8, 4) is 17.6 Å². The molecule has 0 aliphatic carbocycles. The highest BCUT2D eigenvalue weighted by Crippen LogP contribution is 2.34. The first kappa shape index (κ1) is 26.3. The number of hydrogen-bond donors (Lipinski definition) is 1. The van der Waals surface area contributed by atoms with Gasteiger partial charge in [0.15, 0.2) is 5.69 Å². The van der Waals surface area contributed by atoms with Crippen LogP contribution in [0.3, 0.4) is 0 Å². The Hall–Kier alpha value is -3.88. The molecule has 3 aliphatic heterocycles. The van der Waals surface area contributed by atoms with Gasteiger partial charge in [-0.15, -0.1) is 0 Å². The first-order chi connectivity index (χ1) is 19.3. The molecule has 10 nitrogen and oxygen atoms in total. The molecule has 2 amide bonds. The van der Waals surface area contributed by atoms with Crippen molar-refractivity contribution in [3.05, 3.63) is 76.1 Å². The summed E-state index contributed by atoms with van der Waals surface area (Å²) in [6.45, 7) is 1.06. The first-order valence-electron chi connectivity index (χ1n) is 12.9. The van der Waals surface area contributed by atoms with Gasteiger partial charge in [-0.25, -0.2) is 4.68 Å². The smallest absolute Gasteiger partial charge is 0.275 e. The van der Waals surface area contributed by atoms with Crippen molar-refractivity contribution in [2.75, 3.05) is 44.9 Å². The van der Waals surface area contributed by atoms with Crippen molar-refractivity contribution in [1.82, 2.24) is 14.7 Å². The summed E-state index contributed by atoms with van der Waals surface area (Å²) in [6.07, 6.45) is 0.484. The molecule has 1 fully saturated rings. The van der Waals surface area contributed by atoms with Gasteiger partial charge in [-0.1, -0.05) is 53.8 Å². The fourth-order valence-electron chi connectivity index (χ4n) is 4.96. The Morgan fingerprint density at radius 2 is 2.00 bits per heavy atom. The largest absolute Gasteiger partial charge is 0.489 e. The topological polar surface area (TPSA) is 106 Å². The third kappa shape index (κ3) is 4.93. The van der Waals surface area contributed by atoms with Crippen LogP contribution in [-0.4, -0.2) is 83.5 Å². The third-order valence-corrected chi connectivity index (χ3v) is 7.66. The van der Waals surface area contributed by atoms with Crippen molar-refractivity contribution in [2.24, 2.45) is 0 Å². The molecule has 0 saturated carbocycles. The van der Waals surface area contributed by atoms with E-state index in [4.69, 9.17) is 25.8 Å². The maximum absolute atomic E-state index is 13.6. The number of nitrogens with zero attached hydrogens (tertiary/aromatic N) is 4. The first-order valence-corrected chi connectivity index (χ1v) is 13.3. The van der Waals surface area contributed by atoms with Crippen molar-refractivity contribution in [2.45, 2.75) is 24.8 Å². The SMILES string of the molecule is CN1C(=O)[C@@H](N2CCc3c(nn(Cc4ccccc4)c3Cl)C2=O)COc2cc(C#CCOC3(O)COC3)ccc21. The monoisotopic (exact) mass is 562 g/mol. The molecule has 11 heteroatoms. The van der Waals surface area contributed by atoms with E-state index in [1.165, 1.54) is 9.80 Å². The lowest BCUT2D eigenvalue weighted by molar-refractivity contribution is -0.316. The Bertz CT molecular complexity index is 1520. The van der Waals surface area contributed by atoms with E-state index in [0.717, 1.165) is 5.56 Å². The maximum atomic E-state index is 13.6. The molecule has 1 saturated heterocycles. The number of aliphatic hydroxyl groups is 1. The van der Waals surface area contributed by atoms with Gasteiger partial charge in [-0.3, -0.25) is 9.59 Å². The normalized spacial score (nSPS) is 19.5. The number of ether oxygens (including phenoxy) is 3. The van der Waals surface area contributed by atoms with E-state index in [1.54, 1.807) is 29.9 Å². The number of amides is 2. The van der Waals surface area contributed by atoms with Gasteiger partial charge in [0.2, 0.25) is 5.79 Å². The van der Waals surface area contributed by atoms with Gasteiger partial charge in [-0.2, -0.15) is 5.10 Å². The van der Waals surface area contributed by atoms with E-state index in [0.29, 0.717) is 47.2 Å². The van der Waals surface area contributed by atoms with Gasteiger partial charge in [0, 0.05) is 24.7 Å². The van der Waals surface area contributed by atoms with E-state index in [2.05, 4.69) is 16.9 Å². The standard InChI is InChI=1S/C29H27ClN4O6/c1-32-22-10-9-19(8-5-13-40-29(37)17-38-18-29)14-24(22)39-16-23(27(32)35)33-12-11-21-25(28(33)36)31-34(26(21)30)15-20-6-3-2-4-7-20/h2-4,6-7,9-10,14,23,37H,11-13,15-18H2,1H3/t23-/m0/s1. The molecular formula is C29H27ClN4O6. The summed E-state index contributed by atoms with van der Waals surface area (Å²) in [5, 5.41) is 14.9. The van der Waals surface area contributed by atoms with Crippen LogP contribution < -0.4 is 9.64 Å². The van der Waals surface area contributed by atoms with Gasteiger partial charge >= 0.3 is 0 Å². The average Bonchev–Trinajstić information content (AvgIpc) is 3.20. The lowest BCUT2D eigenvalue weighted by Gasteiger charge is -2.34. The molecule has 2 aromatic carbocycles. The van der Waals surface area contributed by atoms with E-state index < -0.39 is 11.8 Å². The molecule has 3 aliphatic rings. The van der Waals surface area contributed by atoms with E-state index >= 15 is 0 Å². The summed E-state index contributed by atoms with van der Waals surface area (Å²) >= 11 is 6.62. The summed E-state index contributed by atoms with van der Waals surface area (Å²) in [4.78, 5) is 30.1. The molecule has 0 bridgehead atoms. The zero-order chi connectivity index (χ0) is 27.9. The van der Waals surface area contributed by atoms with Gasteiger partial charge in [0.05, 0.1) is 12.2 Å². The molecule has 3 aromatic rings. The minimum absolute atomic E-state index is 0.0112. The fraction of sp³-hybridized carbons (Fsp3) is 0.345. The van der Waals surface area contributed by atoms with E-state index in [-0.39, 0.29) is 43.9 Å². The summed E-state index contributed by atoms with van der Waals surface area (Å²) in [5.74, 6) is 4.47. The van der Waals surface area contributed by atoms with Crippen LogP contribution >= 0.6 is 11.6 Å². The lowest BCUT2D eigenvalue weighted by atomic mass is 10.0. The van der Waals surface area contributed by atoms with Gasteiger partial charge in [0.25, 0.3) is 11.8 Å². The number of halogens is 1. The number of rotatable bonds is 5. The van der Waals surface area contributed by atoms with Crippen molar-refractivity contribution in [1.29, 1.82) is 0 Å².